The van der Waals surface area contributed by atoms with Crippen LogP contribution in [0.4, 0.5) is 5.82 Å². The summed E-state index contributed by atoms with van der Waals surface area (Å²) in [5.74, 6) is 2.22. The molecule has 0 saturated carbocycles. The lowest BCUT2D eigenvalue weighted by atomic mass is 9.81. The van der Waals surface area contributed by atoms with Gasteiger partial charge in [-0.25, -0.2) is 9.97 Å². The number of ether oxygens (including phenoxy) is 2. The summed E-state index contributed by atoms with van der Waals surface area (Å²) in [7, 11) is 3.20. The maximum atomic E-state index is 12.5. The molecule has 3 rings (SSSR count). The second-order valence-corrected chi connectivity index (χ2v) is 5.62. The number of carbonyl (C=O) groups is 1. The second-order valence-electron chi connectivity index (χ2n) is 5.62. The molecule has 1 atom stereocenters. The number of fused-ring (bicyclic) bond motifs is 1. The number of Topliss-reactive ketones (excluding diaryl/α,β-unsaturated/α-hetero) is 1. The number of nitrogen functional groups attached to an aromatic ring is 1. The molecule has 2 N–H and O–H groups in total. The molecule has 0 saturated heterocycles. The number of hydrogen-bond donors (Lipinski definition) is 1. The van der Waals surface area contributed by atoms with E-state index in [0.717, 1.165) is 11.3 Å². The fraction of sp³-hybridized carbons (Fsp3) is 0.353. The number of carbonyl (C=O) groups excluding carboxylic acids is 1. The van der Waals surface area contributed by atoms with E-state index >= 15 is 0 Å². The number of aryl methyl sites for hydroxylation is 1. The van der Waals surface area contributed by atoms with Gasteiger partial charge >= 0.3 is 0 Å². The van der Waals surface area contributed by atoms with Crippen LogP contribution in [0.1, 0.15) is 39.8 Å². The molecule has 0 amide bonds. The van der Waals surface area contributed by atoms with Crippen LogP contribution >= 0.6 is 0 Å². The zero-order valence-electron chi connectivity index (χ0n) is 13.4. The maximum Gasteiger partial charge on any atom is 0.169 e. The number of nitrogens with two attached hydrogens (primary N) is 1. The highest BCUT2D eigenvalue weighted by Gasteiger charge is 2.30. The van der Waals surface area contributed by atoms with Gasteiger partial charge in [-0.05, 0) is 37.0 Å². The van der Waals surface area contributed by atoms with Gasteiger partial charge in [0.2, 0.25) is 0 Å². The molecule has 0 unspecified atom stereocenters. The first-order valence-corrected chi connectivity index (χ1v) is 7.41. The SMILES string of the molecule is COc1ccc([C@@H]2CC(=O)c3c(N)nc(C)nc3C2)cc1OC. The van der Waals surface area contributed by atoms with Crippen molar-refractivity contribution in [2.75, 3.05) is 20.0 Å². The molecule has 2 aromatic rings. The number of benzene rings is 1. The molecule has 1 aliphatic rings. The molecule has 6 nitrogen and oxygen atoms in total. The van der Waals surface area contributed by atoms with Crippen molar-refractivity contribution in [3.05, 3.63) is 40.8 Å². The predicted molar refractivity (Wildman–Crippen MR) is 86.1 cm³/mol. The van der Waals surface area contributed by atoms with E-state index in [4.69, 9.17) is 15.2 Å². The van der Waals surface area contributed by atoms with Crippen LogP contribution in [-0.2, 0) is 6.42 Å². The van der Waals surface area contributed by atoms with Crippen LogP contribution in [0, 0.1) is 6.92 Å². The van der Waals surface area contributed by atoms with Crippen LogP contribution < -0.4 is 15.2 Å². The largest absolute Gasteiger partial charge is 0.493 e. The van der Waals surface area contributed by atoms with E-state index < -0.39 is 0 Å². The number of aromatic nitrogens is 2. The average Bonchev–Trinajstić information content (AvgIpc) is 2.52. The van der Waals surface area contributed by atoms with Gasteiger partial charge in [0.15, 0.2) is 17.3 Å². The van der Waals surface area contributed by atoms with E-state index in [-0.39, 0.29) is 17.5 Å². The summed E-state index contributed by atoms with van der Waals surface area (Å²) in [5, 5.41) is 0. The van der Waals surface area contributed by atoms with Crippen LogP contribution in [0.5, 0.6) is 11.5 Å². The van der Waals surface area contributed by atoms with Gasteiger partial charge in [0, 0.05) is 6.42 Å². The standard InChI is InChI=1S/C17H19N3O3/c1-9-19-12-6-11(7-13(21)16(12)17(18)20-9)10-4-5-14(22-2)15(8-10)23-3/h4-5,8,11H,6-7H2,1-3H3,(H2,18,19,20)/t11-/m0/s1. The van der Waals surface area contributed by atoms with E-state index in [0.29, 0.717) is 35.7 Å². The molecule has 1 heterocycles. The maximum absolute atomic E-state index is 12.5. The topological polar surface area (TPSA) is 87.3 Å². The summed E-state index contributed by atoms with van der Waals surface area (Å²) >= 11 is 0. The third-order valence-electron chi connectivity index (χ3n) is 4.15. The summed E-state index contributed by atoms with van der Waals surface area (Å²) in [6, 6.07) is 5.73. The molecule has 120 valence electrons. The van der Waals surface area contributed by atoms with Crippen molar-refractivity contribution in [1.82, 2.24) is 9.97 Å². The second kappa shape index (κ2) is 5.87. The Balaban J connectivity index is 1.99. The minimum atomic E-state index is -0.0106. The first kappa shape index (κ1) is 15.3. The van der Waals surface area contributed by atoms with Gasteiger partial charge in [-0.3, -0.25) is 4.79 Å². The van der Waals surface area contributed by atoms with Crippen molar-refractivity contribution in [3.63, 3.8) is 0 Å². The minimum Gasteiger partial charge on any atom is -0.493 e. The Morgan fingerprint density at radius 2 is 1.87 bits per heavy atom. The third-order valence-corrected chi connectivity index (χ3v) is 4.15. The van der Waals surface area contributed by atoms with E-state index in [1.54, 1.807) is 21.1 Å². The van der Waals surface area contributed by atoms with Gasteiger partial charge in [-0.15, -0.1) is 0 Å². The van der Waals surface area contributed by atoms with Gasteiger partial charge in [-0.1, -0.05) is 6.07 Å². The number of nitrogens with zero attached hydrogens (tertiary/aromatic N) is 2. The highest BCUT2D eigenvalue weighted by molar-refractivity contribution is 6.02. The van der Waals surface area contributed by atoms with Gasteiger partial charge < -0.3 is 15.2 Å². The number of rotatable bonds is 3. The molecule has 1 aromatic heterocycles. The fourth-order valence-electron chi connectivity index (χ4n) is 3.08. The van der Waals surface area contributed by atoms with Crippen molar-refractivity contribution in [2.24, 2.45) is 0 Å². The van der Waals surface area contributed by atoms with Crippen LogP contribution in [-0.4, -0.2) is 30.0 Å². The Labute approximate surface area is 134 Å². The van der Waals surface area contributed by atoms with Crippen molar-refractivity contribution in [3.8, 4) is 11.5 Å². The Morgan fingerprint density at radius 1 is 1.13 bits per heavy atom. The smallest absolute Gasteiger partial charge is 0.169 e. The zero-order chi connectivity index (χ0) is 16.6. The Bertz CT molecular complexity index is 774. The summed E-state index contributed by atoms with van der Waals surface area (Å²) < 4.78 is 10.6. The molecule has 0 bridgehead atoms. The van der Waals surface area contributed by atoms with Crippen LogP contribution in [0.2, 0.25) is 0 Å². The lowest BCUT2D eigenvalue weighted by molar-refractivity contribution is 0.0963. The van der Waals surface area contributed by atoms with E-state index in [1.165, 1.54) is 0 Å². The quantitative estimate of drug-likeness (QED) is 0.935. The highest BCUT2D eigenvalue weighted by Crippen LogP contribution is 2.37. The molecular weight excluding hydrogens is 294 g/mol. The Morgan fingerprint density at radius 3 is 2.57 bits per heavy atom. The van der Waals surface area contributed by atoms with Crippen molar-refractivity contribution in [2.45, 2.75) is 25.7 Å². The first-order chi connectivity index (χ1) is 11.0. The molecule has 1 aromatic carbocycles. The van der Waals surface area contributed by atoms with Gasteiger partial charge in [0.1, 0.15) is 11.6 Å². The molecule has 6 heteroatoms. The van der Waals surface area contributed by atoms with E-state index in [9.17, 15) is 4.79 Å². The predicted octanol–water partition coefficient (Wildman–Crippen LogP) is 2.30. The summed E-state index contributed by atoms with van der Waals surface area (Å²) in [5.41, 5.74) is 8.12. The normalized spacial score (nSPS) is 16.8. The van der Waals surface area contributed by atoms with Crippen molar-refractivity contribution < 1.29 is 14.3 Å². The minimum absolute atomic E-state index is 0.0106. The average molecular weight is 313 g/mol. The lowest BCUT2D eigenvalue weighted by Crippen LogP contribution is -2.23. The van der Waals surface area contributed by atoms with Crippen LogP contribution in [0.3, 0.4) is 0 Å². The molecule has 0 spiro atoms. The van der Waals surface area contributed by atoms with E-state index in [1.807, 2.05) is 18.2 Å². The molecule has 0 aliphatic heterocycles. The molecule has 1 aliphatic carbocycles. The number of hydrogen-bond acceptors (Lipinski definition) is 6. The number of methoxy groups -OCH3 is 2. The summed E-state index contributed by atoms with van der Waals surface area (Å²) in [6.45, 7) is 1.78. The summed E-state index contributed by atoms with van der Waals surface area (Å²) in [4.78, 5) is 21.0. The molecule has 23 heavy (non-hydrogen) atoms. The number of anilines is 1. The Hall–Kier alpha value is -2.63. The molecular formula is C17H19N3O3. The highest BCUT2D eigenvalue weighted by atomic mass is 16.5. The summed E-state index contributed by atoms with van der Waals surface area (Å²) in [6.07, 6.45) is 1.04. The van der Waals surface area contributed by atoms with Crippen LogP contribution in [0.25, 0.3) is 0 Å². The monoisotopic (exact) mass is 313 g/mol. The molecule has 0 fully saturated rings. The van der Waals surface area contributed by atoms with Gasteiger partial charge in [0.05, 0.1) is 25.5 Å². The third kappa shape index (κ3) is 2.72. The zero-order valence-corrected chi connectivity index (χ0v) is 13.4. The Kier molecular flexibility index (Phi) is 3.90. The first-order valence-electron chi connectivity index (χ1n) is 7.41. The van der Waals surface area contributed by atoms with Crippen molar-refractivity contribution in [1.29, 1.82) is 0 Å². The van der Waals surface area contributed by atoms with Crippen LogP contribution in [0.15, 0.2) is 18.2 Å². The van der Waals surface area contributed by atoms with Crippen molar-refractivity contribution >= 4 is 11.6 Å². The number of ketones is 1. The van der Waals surface area contributed by atoms with E-state index in [2.05, 4.69) is 9.97 Å². The van der Waals surface area contributed by atoms with Gasteiger partial charge in [-0.2, -0.15) is 0 Å². The molecule has 0 radical (unpaired) electrons. The van der Waals surface area contributed by atoms with Gasteiger partial charge in [0.25, 0.3) is 0 Å². The fourth-order valence-corrected chi connectivity index (χ4v) is 3.08. The lowest BCUT2D eigenvalue weighted by Gasteiger charge is -2.24.